The molecule has 0 N–H and O–H groups in total. The standard InChI is InChI=1S/C17H11F2N/c18-15-7-5-12(11-16(15)19)6-8-17-14-4-2-1-3-13(14)9-10-20-17/h1-11H. The van der Waals surface area contributed by atoms with E-state index in [1.54, 1.807) is 18.3 Å². The van der Waals surface area contributed by atoms with Gasteiger partial charge in [-0.25, -0.2) is 8.78 Å². The summed E-state index contributed by atoms with van der Waals surface area (Å²) in [6.45, 7) is 0. The average Bonchev–Trinajstić information content (AvgIpc) is 2.48. The lowest BCUT2D eigenvalue weighted by Gasteiger charge is -2.01. The Morgan fingerprint density at radius 2 is 1.70 bits per heavy atom. The molecule has 1 heterocycles. The van der Waals surface area contributed by atoms with Crippen LogP contribution in [-0.2, 0) is 0 Å². The van der Waals surface area contributed by atoms with Crippen molar-refractivity contribution < 1.29 is 8.78 Å². The topological polar surface area (TPSA) is 12.9 Å². The van der Waals surface area contributed by atoms with E-state index in [0.717, 1.165) is 28.6 Å². The van der Waals surface area contributed by atoms with Gasteiger partial charge in [0.15, 0.2) is 11.6 Å². The van der Waals surface area contributed by atoms with E-state index in [4.69, 9.17) is 0 Å². The molecule has 0 aliphatic heterocycles. The number of hydrogen-bond acceptors (Lipinski definition) is 1. The van der Waals surface area contributed by atoms with E-state index in [1.165, 1.54) is 6.07 Å². The van der Waals surface area contributed by atoms with Crippen molar-refractivity contribution in [1.82, 2.24) is 4.98 Å². The van der Waals surface area contributed by atoms with Crippen LogP contribution in [0.3, 0.4) is 0 Å². The molecule has 0 saturated heterocycles. The Hall–Kier alpha value is -2.55. The van der Waals surface area contributed by atoms with Gasteiger partial charge in [-0.1, -0.05) is 36.4 Å². The molecule has 98 valence electrons. The first kappa shape index (κ1) is 12.5. The highest BCUT2D eigenvalue weighted by molar-refractivity contribution is 5.90. The van der Waals surface area contributed by atoms with Gasteiger partial charge in [0.1, 0.15) is 0 Å². The van der Waals surface area contributed by atoms with E-state index < -0.39 is 11.6 Å². The maximum absolute atomic E-state index is 13.1. The van der Waals surface area contributed by atoms with Crippen LogP contribution in [0.5, 0.6) is 0 Å². The van der Waals surface area contributed by atoms with E-state index in [2.05, 4.69) is 4.98 Å². The third kappa shape index (κ3) is 2.43. The van der Waals surface area contributed by atoms with Gasteiger partial charge in [-0.15, -0.1) is 0 Å². The summed E-state index contributed by atoms with van der Waals surface area (Å²) in [4.78, 5) is 4.31. The van der Waals surface area contributed by atoms with Crippen molar-refractivity contribution in [2.45, 2.75) is 0 Å². The monoisotopic (exact) mass is 267 g/mol. The number of rotatable bonds is 2. The third-order valence-corrected chi connectivity index (χ3v) is 3.08. The zero-order valence-corrected chi connectivity index (χ0v) is 10.6. The minimum Gasteiger partial charge on any atom is -0.256 e. The highest BCUT2D eigenvalue weighted by Crippen LogP contribution is 2.19. The largest absolute Gasteiger partial charge is 0.256 e. The van der Waals surface area contributed by atoms with Crippen LogP contribution in [0.15, 0.2) is 54.7 Å². The van der Waals surface area contributed by atoms with Crippen LogP contribution in [0.4, 0.5) is 8.78 Å². The van der Waals surface area contributed by atoms with Crippen molar-refractivity contribution in [3.05, 3.63) is 77.6 Å². The fourth-order valence-corrected chi connectivity index (χ4v) is 2.07. The molecule has 0 bridgehead atoms. The van der Waals surface area contributed by atoms with Crippen molar-refractivity contribution in [3.8, 4) is 0 Å². The lowest BCUT2D eigenvalue weighted by atomic mass is 10.1. The minimum atomic E-state index is -0.849. The molecule has 0 aliphatic rings. The molecular weight excluding hydrogens is 256 g/mol. The molecule has 0 saturated carbocycles. The number of fused-ring (bicyclic) bond motifs is 1. The molecular formula is C17H11F2N. The quantitative estimate of drug-likeness (QED) is 0.656. The minimum absolute atomic E-state index is 0.596. The normalized spacial score (nSPS) is 11.3. The zero-order chi connectivity index (χ0) is 13.9. The smallest absolute Gasteiger partial charge is 0.159 e. The molecule has 2 aromatic carbocycles. The third-order valence-electron chi connectivity index (χ3n) is 3.08. The Morgan fingerprint density at radius 1 is 0.850 bits per heavy atom. The first-order chi connectivity index (χ1) is 9.74. The van der Waals surface area contributed by atoms with E-state index in [0.29, 0.717) is 5.56 Å². The van der Waals surface area contributed by atoms with Crippen LogP contribution >= 0.6 is 0 Å². The predicted octanol–water partition coefficient (Wildman–Crippen LogP) is 4.68. The maximum Gasteiger partial charge on any atom is 0.159 e. The number of pyridine rings is 1. The van der Waals surface area contributed by atoms with Crippen LogP contribution in [-0.4, -0.2) is 4.98 Å². The first-order valence-corrected chi connectivity index (χ1v) is 6.21. The molecule has 1 aromatic heterocycles. The van der Waals surface area contributed by atoms with Crippen molar-refractivity contribution >= 4 is 22.9 Å². The number of hydrogen-bond donors (Lipinski definition) is 0. The van der Waals surface area contributed by atoms with Crippen molar-refractivity contribution in [2.24, 2.45) is 0 Å². The lowest BCUT2D eigenvalue weighted by Crippen LogP contribution is -1.85. The van der Waals surface area contributed by atoms with Gasteiger partial charge in [-0.05, 0) is 35.2 Å². The van der Waals surface area contributed by atoms with Crippen LogP contribution in [0.25, 0.3) is 22.9 Å². The molecule has 20 heavy (non-hydrogen) atoms. The van der Waals surface area contributed by atoms with E-state index in [-0.39, 0.29) is 0 Å². The van der Waals surface area contributed by atoms with E-state index in [1.807, 2.05) is 30.3 Å². The Bertz CT molecular complexity index is 789. The zero-order valence-electron chi connectivity index (χ0n) is 10.6. The summed E-state index contributed by atoms with van der Waals surface area (Å²) in [5.74, 6) is -1.69. The molecule has 3 rings (SSSR count). The van der Waals surface area contributed by atoms with Gasteiger partial charge in [-0.2, -0.15) is 0 Å². The SMILES string of the molecule is Fc1ccc(C=Cc2nccc3ccccc23)cc1F. The summed E-state index contributed by atoms with van der Waals surface area (Å²) < 4.78 is 26.0. The van der Waals surface area contributed by atoms with E-state index in [9.17, 15) is 8.78 Å². The summed E-state index contributed by atoms with van der Waals surface area (Å²) in [6.07, 6.45) is 5.25. The van der Waals surface area contributed by atoms with Gasteiger partial charge in [0.25, 0.3) is 0 Å². The molecule has 0 fully saturated rings. The van der Waals surface area contributed by atoms with Gasteiger partial charge in [0.05, 0.1) is 5.69 Å². The van der Waals surface area contributed by atoms with Gasteiger partial charge in [-0.3, -0.25) is 4.98 Å². The number of benzene rings is 2. The summed E-state index contributed by atoms with van der Waals surface area (Å²) in [5, 5.41) is 2.11. The molecule has 0 aliphatic carbocycles. The highest BCUT2D eigenvalue weighted by Gasteiger charge is 2.01. The van der Waals surface area contributed by atoms with Crippen molar-refractivity contribution in [2.75, 3.05) is 0 Å². The molecule has 0 atom stereocenters. The molecule has 1 nitrogen and oxygen atoms in total. The summed E-state index contributed by atoms with van der Waals surface area (Å²) in [7, 11) is 0. The lowest BCUT2D eigenvalue weighted by molar-refractivity contribution is 0.508. The Labute approximate surface area is 115 Å². The number of aromatic nitrogens is 1. The van der Waals surface area contributed by atoms with Crippen LogP contribution in [0.1, 0.15) is 11.3 Å². The fraction of sp³-hybridized carbons (Fsp3) is 0. The number of halogens is 2. The summed E-state index contributed by atoms with van der Waals surface area (Å²) in [6, 6.07) is 13.6. The van der Waals surface area contributed by atoms with Crippen molar-refractivity contribution in [1.29, 1.82) is 0 Å². The summed E-state index contributed by atoms with van der Waals surface area (Å²) >= 11 is 0. The van der Waals surface area contributed by atoms with Crippen molar-refractivity contribution in [3.63, 3.8) is 0 Å². The molecule has 3 aromatic rings. The highest BCUT2D eigenvalue weighted by atomic mass is 19.2. The summed E-state index contributed by atoms with van der Waals surface area (Å²) in [5.41, 5.74) is 1.39. The molecule has 0 amide bonds. The van der Waals surface area contributed by atoms with E-state index >= 15 is 0 Å². The van der Waals surface area contributed by atoms with Gasteiger partial charge >= 0.3 is 0 Å². The van der Waals surface area contributed by atoms with Crippen LogP contribution < -0.4 is 0 Å². The average molecular weight is 267 g/mol. The second kappa shape index (κ2) is 5.21. The van der Waals surface area contributed by atoms with Crippen LogP contribution in [0.2, 0.25) is 0 Å². The Kier molecular flexibility index (Phi) is 3.25. The first-order valence-electron chi connectivity index (χ1n) is 6.21. The predicted molar refractivity (Wildman–Crippen MR) is 77.0 cm³/mol. The molecule has 0 radical (unpaired) electrons. The second-order valence-electron chi connectivity index (χ2n) is 4.42. The molecule has 0 unspecified atom stereocenters. The fourth-order valence-electron chi connectivity index (χ4n) is 2.07. The number of nitrogens with zero attached hydrogens (tertiary/aromatic N) is 1. The molecule has 0 spiro atoms. The Morgan fingerprint density at radius 3 is 2.55 bits per heavy atom. The second-order valence-corrected chi connectivity index (χ2v) is 4.42. The molecule has 3 heteroatoms. The van der Waals surface area contributed by atoms with Crippen LogP contribution in [0, 0.1) is 11.6 Å². The van der Waals surface area contributed by atoms with Gasteiger partial charge in [0.2, 0.25) is 0 Å². The Balaban J connectivity index is 2.00. The van der Waals surface area contributed by atoms with Gasteiger partial charge in [0, 0.05) is 11.6 Å². The maximum atomic E-state index is 13.1. The van der Waals surface area contributed by atoms with Gasteiger partial charge < -0.3 is 0 Å².